The number of fused-ring (bicyclic) bond motifs is 2. The molecule has 148 valence electrons. The van der Waals surface area contributed by atoms with Gasteiger partial charge in [0.05, 0.1) is 5.69 Å². The van der Waals surface area contributed by atoms with Gasteiger partial charge in [0.15, 0.2) is 11.5 Å². The van der Waals surface area contributed by atoms with Gasteiger partial charge in [-0.15, -0.1) is 0 Å². The Morgan fingerprint density at radius 3 is 2.60 bits per heavy atom. The van der Waals surface area contributed by atoms with Crippen molar-refractivity contribution in [2.24, 2.45) is 0 Å². The van der Waals surface area contributed by atoms with Crippen molar-refractivity contribution in [1.82, 2.24) is 24.8 Å². The molecule has 4 heterocycles. The van der Waals surface area contributed by atoms with Crippen molar-refractivity contribution in [3.8, 4) is 22.6 Å². The summed E-state index contributed by atoms with van der Waals surface area (Å²) in [5.41, 5.74) is 5.28. The first-order valence-corrected chi connectivity index (χ1v) is 10.6. The Kier molecular flexibility index (Phi) is 4.13. The van der Waals surface area contributed by atoms with Gasteiger partial charge in [-0.25, -0.2) is 9.97 Å². The van der Waals surface area contributed by atoms with E-state index in [0.717, 1.165) is 54.2 Å². The van der Waals surface area contributed by atoms with E-state index in [0.29, 0.717) is 6.04 Å². The maximum Gasteiger partial charge on any atom is 0.161 e. The van der Waals surface area contributed by atoms with Gasteiger partial charge in [0.25, 0.3) is 0 Å². The molecule has 1 aliphatic rings. The molecule has 5 aromatic rings. The van der Waals surface area contributed by atoms with Gasteiger partial charge in [0, 0.05) is 24.0 Å². The van der Waals surface area contributed by atoms with Crippen LogP contribution in [0, 0.1) is 0 Å². The second kappa shape index (κ2) is 7.11. The summed E-state index contributed by atoms with van der Waals surface area (Å²) in [6.45, 7) is 2.05. The lowest BCUT2D eigenvalue weighted by atomic mass is 10.0. The SMILES string of the molecule is c1c[nH]c(-c2nc3c(-c4ccc5ccccc5c4)ccnc3n2C2CCNCC2)c1. The Bertz CT molecular complexity index is 1330. The average molecular weight is 393 g/mol. The number of hydrogen-bond acceptors (Lipinski definition) is 3. The highest BCUT2D eigenvalue weighted by molar-refractivity contribution is 5.95. The highest BCUT2D eigenvalue weighted by Crippen LogP contribution is 2.35. The number of hydrogen-bond donors (Lipinski definition) is 2. The Balaban J connectivity index is 1.59. The summed E-state index contributed by atoms with van der Waals surface area (Å²) < 4.78 is 2.35. The van der Waals surface area contributed by atoms with Crippen molar-refractivity contribution in [2.75, 3.05) is 13.1 Å². The van der Waals surface area contributed by atoms with Crippen LogP contribution in [0.5, 0.6) is 0 Å². The van der Waals surface area contributed by atoms with E-state index in [9.17, 15) is 0 Å². The van der Waals surface area contributed by atoms with Gasteiger partial charge in [-0.2, -0.15) is 0 Å². The molecule has 0 aliphatic carbocycles. The molecular weight excluding hydrogens is 370 g/mol. The first kappa shape index (κ1) is 17.4. The monoisotopic (exact) mass is 393 g/mol. The summed E-state index contributed by atoms with van der Waals surface area (Å²) in [6.07, 6.45) is 6.05. The zero-order valence-electron chi connectivity index (χ0n) is 16.7. The summed E-state index contributed by atoms with van der Waals surface area (Å²) >= 11 is 0. The van der Waals surface area contributed by atoms with E-state index in [2.05, 4.69) is 69.5 Å². The summed E-state index contributed by atoms with van der Waals surface area (Å²) in [6, 6.07) is 21.7. The molecule has 1 aliphatic heterocycles. The van der Waals surface area contributed by atoms with E-state index in [-0.39, 0.29) is 0 Å². The molecule has 0 radical (unpaired) electrons. The molecule has 0 bridgehead atoms. The third-order valence-electron chi connectivity index (χ3n) is 6.15. The molecule has 5 heteroatoms. The topological polar surface area (TPSA) is 58.5 Å². The molecule has 2 N–H and O–H groups in total. The zero-order chi connectivity index (χ0) is 19.9. The fraction of sp³-hybridized carbons (Fsp3) is 0.200. The maximum absolute atomic E-state index is 5.14. The van der Waals surface area contributed by atoms with Crippen molar-refractivity contribution < 1.29 is 0 Å². The smallest absolute Gasteiger partial charge is 0.161 e. The molecule has 30 heavy (non-hydrogen) atoms. The lowest BCUT2D eigenvalue weighted by Gasteiger charge is -2.25. The predicted octanol–water partition coefficient (Wildman–Crippen LogP) is 5.17. The molecule has 0 spiro atoms. The second-order valence-corrected chi connectivity index (χ2v) is 7.96. The normalized spacial score (nSPS) is 15.2. The van der Waals surface area contributed by atoms with Gasteiger partial charge >= 0.3 is 0 Å². The third-order valence-corrected chi connectivity index (χ3v) is 6.15. The largest absolute Gasteiger partial charge is 0.359 e. The first-order chi connectivity index (χ1) is 14.9. The van der Waals surface area contributed by atoms with Crippen molar-refractivity contribution >= 4 is 21.9 Å². The van der Waals surface area contributed by atoms with Crippen LogP contribution in [0.15, 0.2) is 73.1 Å². The molecule has 1 fully saturated rings. The molecule has 5 nitrogen and oxygen atoms in total. The molecule has 0 atom stereocenters. The number of aromatic nitrogens is 4. The van der Waals surface area contributed by atoms with E-state index < -0.39 is 0 Å². The standard InChI is InChI=1S/C25H23N5/c1-2-5-18-16-19(8-7-17(18)4-1)21-11-15-28-25-23(21)29-24(22-6-3-12-27-22)30(25)20-9-13-26-14-10-20/h1-8,11-12,15-16,20,26-27H,9-10,13-14H2. The first-order valence-electron chi connectivity index (χ1n) is 10.6. The molecule has 0 saturated carbocycles. The predicted molar refractivity (Wildman–Crippen MR) is 121 cm³/mol. The van der Waals surface area contributed by atoms with Crippen LogP contribution >= 0.6 is 0 Å². The summed E-state index contributed by atoms with van der Waals surface area (Å²) in [4.78, 5) is 13.3. The molecule has 1 saturated heterocycles. The average Bonchev–Trinajstić information content (AvgIpc) is 3.47. The Labute approximate surface area is 174 Å². The van der Waals surface area contributed by atoms with Crippen molar-refractivity contribution in [3.63, 3.8) is 0 Å². The van der Waals surface area contributed by atoms with Gasteiger partial charge in [-0.1, -0.05) is 36.4 Å². The molecule has 3 aromatic heterocycles. The van der Waals surface area contributed by atoms with Gasteiger partial charge < -0.3 is 14.9 Å². The van der Waals surface area contributed by atoms with Crippen LogP contribution in [0.1, 0.15) is 18.9 Å². The van der Waals surface area contributed by atoms with Crippen LogP contribution < -0.4 is 5.32 Å². The molecule has 6 rings (SSSR count). The lowest BCUT2D eigenvalue weighted by Crippen LogP contribution is -2.29. The van der Waals surface area contributed by atoms with Gasteiger partial charge in [0.2, 0.25) is 0 Å². The number of H-pyrrole nitrogens is 1. The van der Waals surface area contributed by atoms with Crippen LogP contribution in [0.4, 0.5) is 0 Å². The molecule has 0 amide bonds. The Morgan fingerprint density at radius 1 is 0.900 bits per heavy atom. The van der Waals surface area contributed by atoms with Gasteiger partial charge in [0.1, 0.15) is 5.52 Å². The van der Waals surface area contributed by atoms with E-state index in [1.165, 1.54) is 16.3 Å². The lowest BCUT2D eigenvalue weighted by molar-refractivity contribution is 0.376. The highest BCUT2D eigenvalue weighted by Gasteiger charge is 2.24. The number of rotatable bonds is 3. The molecule has 2 aromatic carbocycles. The number of nitrogens with one attached hydrogen (secondary N) is 2. The third kappa shape index (κ3) is 2.82. The minimum Gasteiger partial charge on any atom is -0.359 e. The van der Waals surface area contributed by atoms with Crippen LogP contribution in [-0.2, 0) is 0 Å². The summed E-state index contributed by atoms with van der Waals surface area (Å²) in [5, 5.41) is 5.96. The van der Waals surface area contributed by atoms with Crippen LogP contribution in [0.25, 0.3) is 44.6 Å². The van der Waals surface area contributed by atoms with Crippen LogP contribution in [0.3, 0.4) is 0 Å². The summed E-state index contributed by atoms with van der Waals surface area (Å²) in [5.74, 6) is 0.975. The Hall–Kier alpha value is -3.44. The van der Waals surface area contributed by atoms with E-state index in [4.69, 9.17) is 9.97 Å². The van der Waals surface area contributed by atoms with Crippen molar-refractivity contribution in [1.29, 1.82) is 0 Å². The number of benzene rings is 2. The van der Waals surface area contributed by atoms with Crippen molar-refractivity contribution in [2.45, 2.75) is 18.9 Å². The minimum atomic E-state index is 0.397. The fourth-order valence-electron chi connectivity index (χ4n) is 4.65. The number of pyridine rings is 1. The number of imidazole rings is 1. The van der Waals surface area contributed by atoms with E-state index in [1.807, 2.05) is 18.5 Å². The highest BCUT2D eigenvalue weighted by atomic mass is 15.2. The fourth-order valence-corrected chi connectivity index (χ4v) is 4.65. The van der Waals surface area contributed by atoms with Crippen LogP contribution in [0.2, 0.25) is 0 Å². The minimum absolute atomic E-state index is 0.397. The zero-order valence-corrected chi connectivity index (χ0v) is 16.7. The molecular formula is C25H23N5. The summed E-state index contributed by atoms with van der Waals surface area (Å²) in [7, 11) is 0. The Morgan fingerprint density at radius 2 is 1.77 bits per heavy atom. The van der Waals surface area contributed by atoms with Gasteiger partial charge in [-0.3, -0.25) is 0 Å². The number of nitrogens with zero attached hydrogens (tertiary/aromatic N) is 3. The maximum atomic E-state index is 5.14. The van der Waals surface area contributed by atoms with Crippen molar-refractivity contribution in [3.05, 3.63) is 73.1 Å². The number of piperidine rings is 1. The second-order valence-electron chi connectivity index (χ2n) is 7.96. The van der Waals surface area contributed by atoms with Gasteiger partial charge in [-0.05, 0) is 66.5 Å². The number of aromatic amines is 1. The molecule has 0 unspecified atom stereocenters. The van der Waals surface area contributed by atoms with E-state index in [1.54, 1.807) is 0 Å². The van der Waals surface area contributed by atoms with Crippen LogP contribution in [-0.4, -0.2) is 32.6 Å². The quantitative estimate of drug-likeness (QED) is 0.444. The van der Waals surface area contributed by atoms with E-state index >= 15 is 0 Å².